The quantitative estimate of drug-likeness (QED) is 0.367. The van der Waals surface area contributed by atoms with Gasteiger partial charge in [0.1, 0.15) is 6.04 Å². The van der Waals surface area contributed by atoms with Gasteiger partial charge in [-0.1, -0.05) is 13.8 Å². The number of hydrogen-bond donors (Lipinski definition) is 1. The first-order valence-electron chi connectivity index (χ1n) is 8.93. The largest absolute Gasteiger partial charge is 0.403 e. The summed E-state index contributed by atoms with van der Waals surface area (Å²) in [7, 11) is 1.70. The molecule has 1 aromatic heterocycles. The second kappa shape index (κ2) is 10.8. The molecule has 0 saturated carbocycles. The molecular weight excluding hydrogens is 490 g/mol. The monoisotopic (exact) mass is 519 g/mol. The molecule has 27 heavy (non-hydrogen) atoms. The lowest BCUT2D eigenvalue weighted by Gasteiger charge is -2.39. The lowest BCUT2D eigenvalue weighted by atomic mass is 10.2. The highest BCUT2D eigenvalue weighted by molar-refractivity contribution is 14.0. The van der Waals surface area contributed by atoms with Gasteiger partial charge in [0, 0.05) is 57.5 Å². The fourth-order valence-electron chi connectivity index (χ4n) is 2.87. The van der Waals surface area contributed by atoms with E-state index in [1.807, 2.05) is 4.90 Å². The number of nitrogens with one attached hydrogen (secondary N) is 1. The molecule has 1 unspecified atom stereocenters. The Balaban J connectivity index is 0.00000364. The summed E-state index contributed by atoms with van der Waals surface area (Å²) in [6, 6.07) is -1.40. The Labute approximate surface area is 180 Å². The first-order valence-corrected chi connectivity index (χ1v) is 9.81. The summed E-state index contributed by atoms with van der Waals surface area (Å²) < 4.78 is 38.5. The van der Waals surface area contributed by atoms with Crippen molar-refractivity contribution in [2.45, 2.75) is 45.3 Å². The minimum absolute atomic E-state index is 0. The van der Waals surface area contributed by atoms with E-state index in [1.165, 1.54) is 11.8 Å². The van der Waals surface area contributed by atoms with Gasteiger partial charge in [0.2, 0.25) is 0 Å². The number of halogens is 4. The van der Waals surface area contributed by atoms with Gasteiger partial charge < -0.3 is 10.2 Å². The van der Waals surface area contributed by atoms with E-state index in [4.69, 9.17) is 0 Å². The van der Waals surface area contributed by atoms with Crippen LogP contribution in [0.25, 0.3) is 0 Å². The molecule has 156 valence electrons. The van der Waals surface area contributed by atoms with E-state index < -0.39 is 12.2 Å². The van der Waals surface area contributed by atoms with E-state index in [1.54, 1.807) is 18.4 Å². The maximum Gasteiger partial charge on any atom is 0.403 e. The molecule has 0 spiro atoms. The zero-order valence-electron chi connectivity index (χ0n) is 16.2. The Kier molecular flexibility index (Phi) is 9.76. The van der Waals surface area contributed by atoms with Crippen LogP contribution in [0.2, 0.25) is 0 Å². The Morgan fingerprint density at radius 2 is 1.89 bits per heavy atom. The van der Waals surface area contributed by atoms with Gasteiger partial charge in [0.25, 0.3) is 0 Å². The zero-order valence-corrected chi connectivity index (χ0v) is 19.4. The SMILES string of the molecule is CN=C(NCCc1csc(C(C)C)n1)N1CCN(C(C)C(F)(F)F)CC1.I. The Bertz CT molecular complexity index is 598. The summed E-state index contributed by atoms with van der Waals surface area (Å²) in [6.45, 7) is 8.01. The summed E-state index contributed by atoms with van der Waals surface area (Å²) >= 11 is 1.68. The summed E-state index contributed by atoms with van der Waals surface area (Å²) in [5.74, 6) is 1.17. The van der Waals surface area contributed by atoms with Crippen molar-refractivity contribution in [1.82, 2.24) is 20.1 Å². The molecule has 0 bridgehead atoms. The number of guanidine groups is 1. The Morgan fingerprint density at radius 3 is 2.37 bits per heavy atom. The molecule has 1 aliphatic heterocycles. The van der Waals surface area contributed by atoms with E-state index in [-0.39, 0.29) is 24.0 Å². The average molecular weight is 519 g/mol. The molecule has 2 heterocycles. The molecule has 1 saturated heterocycles. The zero-order chi connectivity index (χ0) is 19.3. The highest BCUT2D eigenvalue weighted by Crippen LogP contribution is 2.25. The third kappa shape index (κ3) is 7.04. The third-order valence-electron chi connectivity index (χ3n) is 4.57. The van der Waals surface area contributed by atoms with Gasteiger partial charge in [0.05, 0.1) is 10.7 Å². The molecule has 1 N–H and O–H groups in total. The van der Waals surface area contributed by atoms with Crippen LogP contribution < -0.4 is 5.32 Å². The van der Waals surface area contributed by atoms with Crippen LogP contribution in [-0.4, -0.2) is 72.7 Å². The van der Waals surface area contributed by atoms with Crippen LogP contribution in [0, 0.1) is 0 Å². The van der Waals surface area contributed by atoms with Gasteiger partial charge in [-0.2, -0.15) is 13.2 Å². The van der Waals surface area contributed by atoms with Gasteiger partial charge in [-0.3, -0.25) is 9.89 Å². The minimum Gasteiger partial charge on any atom is -0.356 e. The average Bonchev–Trinajstić information content (AvgIpc) is 3.07. The molecular formula is C17H29F3IN5S. The van der Waals surface area contributed by atoms with E-state index >= 15 is 0 Å². The summed E-state index contributed by atoms with van der Waals surface area (Å²) in [5.41, 5.74) is 1.06. The molecule has 1 aliphatic rings. The van der Waals surface area contributed by atoms with Crippen LogP contribution in [0.3, 0.4) is 0 Å². The molecule has 0 radical (unpaired) electrons. The Morgan fingerprint density at radius 1 is 1.26 bits per heavy atom. The van der Waals surface area contributed by atoms with Gasteiger partial charge in [-0.25, -0.2) is 4.98 Å². The second-order valence-electron chi connectivity index (χ2n) is 6.80. The number of thiazole rings is 1. The molecule has 1 atom stereocenters. The standard InChI is InChI=1S/C17H28F3N5S.HI/c1-12(2)15-23-14(11-26-15)5-6-22-16(21-4)25-9-7-24(8-10-25)13(3)17(18,19)20;/h11-13H,5-10H2,1-4H3,(H,21,22);1H. The van der Waals surface area contributed by atoms with Gasteiger partial charge in [-0.15, -0.1) is 35.3 Å². The predicted octanol–water partition coefficient (Wildman–Crippen LogP) is 3.57. The third-order valence-corrected chi connectivity index (χ3v) is 5.77. The molecule has 5 nitrogen and oxygen atoms in total. The van der Waals surface area contributed by atoms with Crippen molar-refractivity contribution in [2.24, 2.45) is 4.99 Å². The molecule has 0 amide bonds. The minimum atomic E-state index is -4.18. The second-order valence-corrected chi connectivity index (χ2v) is 7.69. The predicted molar refractivity (Wildman–Crippen MR) is 115 cm³/mol. The smallest absolute Gasteiger partial charge is 0.356 e. The summed E-state index contributed by atoms with van der Waals surface area (Å²) in [6.07, 6.45) is -3.38. The summed E-state index contributed by atoms with van der Waals surface area (Å²) in [4.78, 5) is 12.4. The molecule has 1 fully saturated rings. The van der Waals surface area contributed by atoms with E-state index in [2.05, 4.69) is 34.5 Å². The van der Waals surface area contributed by atoms with Crippen LogP contribution in [0.1, 0.15) is 37.4 Å². The maximum atomic E-state index is 12.8. The van der Waals surface area contributed by atoms with Gasteiger partial charge >= 0.3 is 6.18 Å². The maximum absolute atomic E-state index is 12.8. The van der Waals surface area contributed by atoms with Crippen LogP contribution in [0.4, 0.5) is 13.2 Å². The van der Waals surface area contributed by atoms with Crippen molar-refractivity contribution in [3.63, 3.8) is 0 Å². The molecule has 1 aromatic rings. The number of rotatable bonds is 5. The highest BCUT2D eigenvalue weighted by Gasteiger charge is 2.41. The summed E-state index contributed by atoms with van der Waals surface area (Å²) in [5, 5.41) is 6.52. The van der Waals surface area contributed by atoms with Crippen molar-refractivity contribution in [2.75, 3.05) is 39.8 Å². The lowest BCUT2D eigenvalue weighted by Crippen LogP contribution is -2.56. The van der Waals surface area contributed by atoms with Crippen molar-refractivity contribution in [3.8, 4) is 0 Å². The number of piperazine rings is 1. The highest BCUT2D eigenvalue weighted by atomic mass is 127. The lowest BCUT2D eigenvalue weighted by molar-refractivity contribution is -0.181. The molecule has 0 aliphatic carbocycles. The van der Waals surface area contributed by atoms with Crippen LogP contribution in [0.5, 0.6) is 0 Å². The van der Waals surface area contributed by atoms with Crippen LogP contribution in [0.15, 0.2) is 10.4 Å². The Hall–Kier alpha value is -0.620. The topological polar surface area (TPSA) is 43.8 Å². The van der Waals surface area contributed by atoms with E-state index in [9.17, 15) is 13.2 Å². The first-order chi connectivity index (χ1) is 12.2. The van der Waals surface area contributed by atoms with Gasteiger partial charge in [0.15, 0.2) is 5.96 Å². The van der Waals surface area contributed by atoms with Crippen molar-refractivity contribution < 1.29 is 13.2 Å². The number of aromatic nitrogens is 1. The number of nitrogens with zero attached hydrogens (tertiary/aromatic N) is 4. The number of aliphatic imine (C=N–C) groups is 1. The number of hydrogen-bond acceptors (Lipinski definition) is 4. The van der Waals surface area contributed by atoms with Crippen molar-refractivity contribution in [1.29, 1.82) is 0 Å². The molecule has 2 rings (SSSR count). The number of alkyl halides is 3. The van der Waals surface area contributed by atoms with E-state index in [0.717, 1.165) is 23.1 Å². The molecule has 0 aromatic carbocycles. The van der Waals surface area contributed by atoms with Gasteiger partial charge in [-0.05, 0) is 6.92 Å². The normalized spacial score (nSPS) is 17.8. The van der Waals surface area contributed by atoms with Crippen LogP contribution >= 0.6 is 35.3 Å². The van der Waals surface area contributed by atoms with Crippen molar-refractivity contribution in [3.05, 3.63) is 16.1 Å². The van der Waals surface area contributed by atoms with Crippen molar-refractivity contribution >= 4 is 41.3 Å². The van der Waals surface area contributed by atoms with E-state index in [0.29, 0.717) is 38.6 Å². The van der Waals surface area contributed by atoms with Crippen LogP contribution in [-0.2, 0) is 6.42 Å². The first kappa shape index (κ1) is 24.4. The molecule has 10 heteroatoms. The fraction of sp³-hybridized carbons (Fsp3) is 0.765. The fourth-order valence-corrected chi connectivity index (χ4v) is 3.73.